The third-order valence-corrected chi connectivity index (χ3v) is 8.04. The molecule has 5 fully saturated rings. The largest absolute Gasteiger partial charge is 0.393 e. The van der Waals surface area contributed by atoms with E-state index in [2.05, 4.69) is 0 Å². The van der Waals surface area contributed by atoms with Gasteiger partial charge in [0.1, 0.15) is 0 Å². The Kier molecular flexibility index (Phi) is 3.97. The van der Waals surface area contributed by atoms with Gasteiger partial charge in [-0.1, -0.05) is 0 Å². The number of rotatable bonds is 0. The highest BCUT2D eigenvalue weighted by Crippen LogP contribution is 2.62. The molecule has 6 heteroatoms. The molecule has 0 bridgehead atoms. The van der Waals surface area contributed by atoms with Gasteiger partial charge in [0.15, 0.2) is 6.29 Å². The quantitative estimate of drug-likeness (QED) is 0.506. The van der Waals surface area contributed by atoms with Gasteiger partial charge >= 0.3 is 0 Å². The number of hydrogen-bond donors (Lipinski definition) is 4. The van der Waals surface area contributed by atoms with Crippen molar-refractivity contribution in [2.24, 2.45) is 29.4 Å². The summed E-state index contributed by atoms with van der Waals surface area (Å²) in [5.74, 6) is 0.703. The van der Waals surface area contributed by atoms with Gasteiger partial charge in [-0.25, -0.2) is 0 Å². The summed E-state index contributed by atoms with van der Waals surface area (Å²) in [7, 11) is 0. The average Bonchev–Trinajstić information content (AvgIpc) is 3.08. The van der Waals surface area contributed by atoms with Crippen LogP contribution in [-0.2, 0) is 9.47 Å². The van der Waals surface area contributed by atoms with E-state index >= 15 is 0 Å². The third-order valence-electron chi connectivity index (χ3n) is 8.04. The van der Waals surface area contributed by atoms with Crippen molar-refractivity contribution in [1.29, 1.82) is 0 Å². The second-order valence-corrected chi connectivity index (χ2v) is 9.15. The molecule has 142 valence electrons. The van der Waals surface area contributed by atoms with E-state index in [0.717, 1.165) is 38.5 Å². The molecule has 1 spiro atoms. The van der Waals surface area contributed by atoms with Crippen molar-refractivity contribution in [3.63, 3.8) is 0 Å². The minimum atomic E-state index is -0.791. The summed E-state index contributed by atoms with van der Waals surface area (Å²) in [5.41, 5.74) is 5.93. The number of aliphatic hydroxyl groups is 3. The number of fused-ring (bicyclic) bond motifs is 6. The SMILES string of the molecule is NC1CCC2C1C(O)OC21C2CCC(O)CC2OC2CC(O)CCC21. The normalized spacial score (nSPS) is 61.0. The van der Waals surface area contributed by atoms with Gasteiger partial charge < -0.3 is 30.5 Å². The first-order valence-corrected chi connectivity index (χ1v) is 10.1. The third kappa shape index (κ3) is 2.31. The molecule has 0 amide bonds. The average molecular weight is 353 g/mol. The first-order valence-electron chi connectivity index (χ1n) is 10.1. The Morgan fingerprint density at radius 3 is 1.92 bits per heavy atom. The van der Waals surface area contributed by atoms with E-state index in [1.54, 1.807) is 0 Å². The lowest BCUT2D eigenvalue weighted by Crippen LogP contribution is -2.65. The number of aliphatic hydroxyl groups excluding tert-OH is 3. The molecule has 3 aliphatic carbocycles. The summed E-state index contributed by atoms with van der Waals surface area (Å²) >= 11 is 0. The summed E-state index contributed by atoms with van der Waals surface area (Å²) in [4.78, 5) is 0. The molecule has 0 aromatic heterocycles. The fraction of sp³-hybridized carbons (Fsp3) is 1.00. The minimum absolute atomic E-state index is 0.00230. The zero-order valence-corrected chi connectivity index (χ0v) is 14.7. The molecule has 0 aromatic carbocycles. The molecule has 2 aliphatic heterocycles. The zero-order chi connectivity index (χ0) is 17.3. The van der Waals surface area contributed by atoms with Crippen LogP contribution in [0.3, 0.4) is 0 Å². The molecule has 25 heavy (non-hydrogen) atoms. The molecule has 5 N–H and O–H groups in total. The number of nitrogens with two attached hydrogens (primary N) is 1. The van der Waals surface area contributed by atoms with Crippen molar-refractivity contribution < 1.29 is 24.8 Å². The highest BCUT2D eigenvalue weighted by atomic mass is 16.6. The van der Waals surface area contributed by atoms with E-state index in [-0.39, 0.29) is 54.1 Å². The van der Waals surface area contributed by atoms with Crippen LogP contribution in [0, 0.1) is 23.7 Å². The maximum Gasteiger partial charge on any atom is 0.159 e. The molecular formula is C19H31NO5. The molecule has 10 unspecified atom stereocenters. The van der Waals surface area contributed by atoms with Crippen LogP contribution in [-0.4, -0.2) is 57.7 Å². The number of hydrogen-bond acceptors (Lipinski definition) is 6. The molecule has 3 saturated carbocycles. The van der Waals surface area contributed by atoms with E-state index in [4.69, 9.17) is 15.2 Å². The second kappa shape index (κ2) is 5.88. The lowest BCUT2D eigenvalue weighted by molar-refractivity contribution is -0.293. The maximum absolute atomic E-state index is 10.7. The van der Waals surface area contributed by atoms with Gasteiger partial charge in [-0.15, -0.1) is 0 Å². The van der Waals surface area contributed by atoms with Crippen molar-refractivity contribution in [3.05, 3.63) is 0 Å². The van der Waals surface area contributed by atoms with Gasteiger partial charge in [-0.2, -0.15) is 0 Å². The van der Waals surface area contributed by atoms with Crippen molar-refractivity contribution >= 4 is 0 Å². The molecule has 6 nitrogen and oxygen atoms in total. The Morgan fingerprint density at radius 2 is 1.32 bits per heavy atom. The molecule has 0 aromatic rings. The lowest BCUT2D eigenvalue weighted by atomic mass is 9.56. The van der Waals surface area contributed by atoms with E-state index in [0.29, 0.717) is 12.8 Å². The van der Waals surface area contributed by atoms with Crippen molar-refractivity contribution in [2.45, 2.75) is 93.7 Å². The van der Waals surface area contributed by atoms with E-state index < -0.39 is 11.9 Å². The molecule has 2 saturated heterocycles. The van der Waals surface area contributed by atoms with Crippen LogP contribution >= 0.6 is 0 Å². The predicted octanol–water partition coefficient (Wildman–Crippen LogP) is 0.517. The molecular weight excluding hydrogens is 322 g/mol. The Bertz CT molecular complexity index is 504. The van der Waals surface area contributed by atoms with Crippen LogP contribution in [0.4, 0.5) is 0 Å². The standard InChI is InChI=1S/C19H31NO5/c20-14-6-5-13-17(14)18(23)25-19(13)11-3-1-9(21)7-15(11)24-16-8-10(22)2-4-12(16)19/h9-18,21-23H,1-8,20H2. The van der Waals surface area contributed by atoms with E-state index in [1.165, 1.54) is 0 Å². The topological polar surface area (TPSA) is 105 Å². The van der Waals surface area contributed by atoms with Gasteiger partial charge in [0.05, 0.1) is 30.0 Å². The van der Waals surface area contributed by atoms with Crippen LogP contribution in [0.5, 0.6) is 0 Å². The fourth-order valence-electron chi connectivity index (χ4n) is 7.14. The van der Waals surface area contributed by atoms with Gasteiger partial charge in [0, 0.05) is 23.8 Å². The van der Waals surface area contributed by atoms with Crippen LogP contribution in [0.1, 0.15) is 51.4 Å². The smallest absolute Gasteiger partial charge is 0.159 e. The number of ether oxygens (including phenoxy) is 2. The second-order valence-electron chi connectivity index (χ2n) is 9.15. The Hall–Kier alpha value is -0.240. The van der Waals surface area contributed by atoms with Crippen molar-refractivity contribution in [3.8, 4) is 0 Å². The molecule has 5 aliphatic rings. The molecule has 5 rings (SSSR count). The highest BCUT2D eigenvalue weighted by Gasteiger charge is 2.69. The van der Waals surface area contributed by atoms with Gasteiger partial charge in [0.25, 0.3) is 0 Å². The summed E-state index contributed by atoms with van der Waals surface area (Å²) < 4.78 is 12.9. The summed E-state index contributed by atoms with van der Waals surface area (Å²) in [6.45, 7) is 0. The first-order chi connectivity index (χ1) is 12.0. The van der Waals surface area contributed by atoms with Crippen molar-refractivity contribution in [1.82, 2.24) is 0 Å². The monoisotopic (exact) mass is 353 g/mol. The Balaban J connectivity index is 1.56. The van der Waals surface area contributed by atoms with Gasteiger partial charge in [-0.3, -0.25) is 0 Å². The van der Waals surface area contributed by atoms with Crippen LogP contribution in [0.2, 0.25) is 0 Å². The maximum atomic E-state index is 10.7. The molecule has 0 radical (unpaired) electrons. The van der Waals surface area contributed by atoms with Gasteiger partial charge in [0.2, 0.25) is 0 Å². The molecule has 2 heterocycles. The van der Waals surface area contributed by atoms with E-state index in [9.17, 15) is 15.3 Å². The summed E-state index contributed by atoms with van der Waals surface area (Å²) in [6, 6.07) is 0.00230. The fourth-order valence-corrected chi connectivity index (χ4v) is 7.14. The van der Waals surface area contributed by atoms with Crippen LogP contribution < -0.4 is 5.73 Å². The first kappa shape index (κ1) is 16.9. The minimum Gasteiger partial charge on any atom is -0.393 e. The lowest BCUT2D eigenvalue weighted by Gasteiger charge is -2.59. The Labute approximate surface area is 148 Å². The predicted molar refractivity (Wildman–Crippen MR) is 89.4 cm³/mol. The highest BCUT2D eigenvalue weighted by molar-refractivity contribution is 5.16. The van der Waals surface area contributed by atoms with Crippen LogP contribution in [0.15, 0.2) is 0 Å². The Morgan fingerprint density at radius 1 is 0.760 bits per heavy atom. The van der Waals surface area contributed by atoms with Gasteiger partial charge in [-0.05, 0) is 57.3 Å². The van der Waals surface area contributed by atoms with Crippen molar-refractivity contribution in [2.75, 3.05) is 0 Å². The van der Waals surface area contributed by atoms with Crippen LogP contribution in [0.25, 0.3) is 0 Å². The summed E-state index contributed by atoms with van der Waals surface area (Å²) in [6.07, 6.45) is 4.99. The van der Waals surface area contributed by atoms with E-state index in [1.807, 2.05) is 0 Å². The molecule has 10 atom stereocenters. The zero-order valence-electron chi connectivity index (χ0n) is 14.7. The summed E-state index contributed by atoms with van der Waals surface area (Å²) in [5, 5.41) is 31.1.